The first-order valence-electron chi connectivity index (χ1n) is 10.7. The summed E-state index contributed by atoms with van der Waals surface area (Å²) in [6.07, 6.45) is 2.58. The Labute approximate surface area is 182 Å². The molecule has 7 nitrogen and oxygen atoms in total. The maximum Gasteiger partial charge on any atom is 0.322 e. The Morgan fingerprint density at radius 1 is 1.06 bits per heavy atom. The van der Waals surface area contributed by atoms with Gasteiger partial charge in [-0.2, -0.15) is 0 Å². The topological polar surface area (TPSA) is 79.9 Å². The van der Waals surface area contributed by atoms with Gasteiger partial charge < -0.3 is 25.0 Å². The zero-order valence-electron chi connectivity index (χ0n) is 18.2. The molecule has 0 saturated heterocycles. The molecule has 7 heteroatoms. The minimum atomic E-state index is -0.295. The SMILES string of the molecule is COc1cc2c(cc1OC)C(CNC(=O)C1CC1)N(C(=O)Nc1ccc(C)cc1)CC2. The van der Waals surface area contributed by atoms with Gasteiger partial charge in [0.25, 0.3) is 0 Å². The maximum atomic E-state index is 13.2. The van der Waals surface area contributed by atoms with Crippen LogP contribution in [0, 0.1) is 12.8 Å². The van der Waals surface area contributed by atoms with Gasteiger partial charge in [-0.25, -0.2) is 4.79 Å². The largest absolute Gasteiger partial charge is 0.493 e. The number of carbonyl (C=O) groups excluding carboxylic acids is 2. The molecule has 1 heterocycles. The normalized spacial score (nSPS) is 17.5. The monoisotopic (exact) mass is 423 g/mol. The Balaban J connectivity index is 1.61. The molecule has 2 aromatic carbocycles. The number of amides is 3. The molecule has 0 bridgehead atoms. The second-order valence-electron chi connectivity index (χ2n) is 8.18. The highest BCUT2D eigenvalue weighted by atomic mass is 16.5. The van der Waals surface area contributed by atoms with E-state index >= 15 is 0 Å². The number of carbonyl (C=O) groups is 2. The van der Waals surface area contributed by atoms with E-state index in [1.165, 1.54) is 0 Å². The maximum absolute atomic E-state index is 13.2. The Bertz CT molecular complexity index is 970. The van der Waals surface area contributed by atoms with E-state index in [1.807, 2.05) is 43.3 Å². The lowest BCUT2D eigenvalue weighted by atomic mass is 9.91. The number of urea groups is 1. The van der Waals surface area contributed by atoms with Gasteiger partial charge in [-0.15, -0.1) is 0 Å². The molecule has 1 fully saturated rings. The molecule has 3 amide bonds. The van der Waals surface area contributed by atoms with Crippen LogP contribution in [0.5, 0.6) is 11.5 Å². The molecule has 31 heavy (non-hydrogen) atoms. The number of hydrogen-bond acceptors (Lipinski definition) is 4. The van der Waals surface area contributed by atoms with Crippen molar-refractivity contribution in [3.05, 3.63) is 53.1 Å². The summed E-state index contributed by atoms with van der Waals surface area (Å²) in [4.78, 5) is 27.3. The molecule has 0 spiro atoms. The predicted molar refractivity (Wildman–Crippen MR) is 119 cm³/mol. The standard InChI is InChI=1S/C24H29N3O4/c1-15-4-8-18(9-5-15)26-24(29)27-11-10-17-12-21(30-2)22(31-3)13-19(17)20(27)14-25-23(28)16-6-7-16/h4-5,8-9,12-13,16,20H,6-7,10-11,14H2,1-3H3,(H,25,28)(H,26,29). The zero-order chi connectivity index (χ0) is 22.0. The third-order valence-electron chi connectivity index (χ3n) is 5.98. The summed E-state index contributed by atoms with van der Waals surface area (Å²) in [7, 11) is 3.21. The summed E-state index contributed by atoms with van der Waals surface area (Å²) in [5, 5.41) is 6.04. The van der Waals surface area contributed by atoms with E-state index in [-0.39, 0.29) is 23.9 Å². The molecular formula is C24H29N3O4. The van der Waals surface area contributed by atoms with Crippen molar-refractivity contribution >= 4 is 17.6 Å². The summed E-state index contributed by atoms with van der Waals surface area (Å²) in [5.41, 5.74) is 3.95. The number of methoxy groups -OCH3 is 2. The van der Waals surface area contributed by atoms with Crippen LogP contribution in [0.4, 0.5) is 10.5 Å². The summed E-state index contributed by atoms with van der Waals surface area (Å²) in [6.45, 7) is 2.91. The molecule has 1 aliphatic carbocycles. The molecule has 0 aromatic heterocycles. The zero-order valence-corrected chi connectivity index (χ0v) is 18.2. The van der Waals surface area contributed by atoms with Crippen molar-refractivity contribution in [2.24, 2.45) is 5.92 Å². The van der Waals surface area contributed by atoms with E-state index in [2.05, 4.69) is 10.6 Å². The smallest absolute Gasteiger partial charge is 0.322 e. The van der Waals surface area contributed by atoms with Gasteiger partial charge in [0.1, 0.15) is 0 Å². The summed E-state index contributed by atoms with van der Waals surface area (Å²) < 4.78 is 10.9. The van der Waals surface area contributed by atoms with Crippen molar-refractivity contribution in [3.8, 4) is 11.5 Å². The van der Waals surface area contributed by atoms with Crippen LogP contribution >= 0.6 is 0 Å². The van der Waals surface area contributed by atoms with Crippen molar-refractivity contribution in [3.63, 3.8) is 0 Å². The van der Waals surface area contributed by atoms with Crippen molar-refractivity contribution in [1.82, 2.24) is 10.2 Å². The molecule has 2 N–H and O–H groups in total. The Kier molecular flexibility index (Phi) is 6.02. The second kappa shape index (κ2) is 8.88. The number of ether oxygens (including phenoxy) is 2. The number of nitrogens with zero attached hydrogens (tertiary/aromatic N) is 1. The first-order chi connectivity index (χ1) is 15.0. The highest BCUT2D eigenvalue weighted by Gasteiger charge is 2.35. The molecule has 1 aliphatic heterocycles. The lowest BCUT2D eigenvalue weighted by Crippen LogP contribution is -2.47. The number of hydrogen-bond donors (Lipinski definition) is 2. The van der Waals surface area contributed by atoms with Gasteiger partial charge in [0.05, 0.1) is 20.3 Å². The van der Waals surface area contributed by atoms with Gasteiger partial charge in [0.2, 0.25) is 5.91 Å². The number of benzene rings is 2. The van der Waals surface area contributed by atoms with E-state index in [9.17, 15) is 9.59 Å². The number of aryl methyl sites for hydroxylation is 1. The van der Waals surface area contributed by atoms with Gasteiger partial charge in [0, 0.05) is 24.7 Å². The van der Waals surface area contributed by atoms with Crippen LogP contribution in [-0.2, 0) is 11.2 Å². The fourth-order valence-corrected chi connectivity index (χ4v) is 4.01. The molecule has 4 rings (SSSR count). The van der Waals surface area contributed by atoms with Crippen molar-refractivity contribution in [1.29, 1.82) is 0 Å². The molecule has 0 radical (unpaired) electrons. The summed E-state index contributed by atoms with van der Waals surface area (Å²) >= 11 is 0. The average Bonchev–Trinajstić information content (AvgIpc) is 3.63. The van der Waals surface area contributed by atoms with Crippen molar-refractivity contribution < 1.29 is 19.1 Å². The highest BCUT2D eigenvalue weighted by Crippen LogP contribution is 2.38. The third-order valence-corrected chi connectivity index (χ3v) is 5.98. The van der Waals surface area contributed by atoms with E-state index in [1.54, 1.807) is 19.1 Å². The third kappa shape index (κ3) is 4.60. The van der Waals surface area contributed by atoms with Crippen LogP contribution in [0.25, 0.3) is 0 Å². The van der Waals surface area contributed by atoms with Crippen molar-refractivity contribution in [2.75, 3.05) is 32.6 Å². The number of fused-ring (bicyclic) bond motifs is 1. The Morgan fingerprint density at radius 2 is 1.74 bits per heavy atom. The number of rotatable bonds is 6. The molecule has 1 unspecified atom stereocenters. The van der Waals surface area contributed by atoms with Gasteiger partial charge >= 0.3 is 6.03 Å². The minimum Gasteiger partial charge on any atom is -0.493 e. The lowest BCUT2D eigenvalue weighted by molar-refractivity contribution is -0.122. The van der Waals surface area contributed by atoms with Crippen LogP contribution in [0.1, 0.15) is 35.6 Å². The molecule has 2 aliphatic rings. The van der Waals surface area contributed by atoms with E-state index in [4.69, 9.17) is 9.47 Å². The van der Waals surface area contributed by atoms with E-state index in [0.29, 0.717) is 31.0 Å². The van der Waals surface area contributed by atoms with Crippen LogP contribution < -0.4 is 20.1 Å². The number of anilines is 1. The highest BCUT2D eigenvalue weighted by molar-refractivity contribution is 5.90. The van der Waals surface area contributed by atoms with E-state index in [0.717, 1.165) is 35.2 Å². The molecule has 164 valence electrons. The van der Waals surface area contributed by atoms with Crippen LogP contribution in [-0.4, -0.2) is 44.1 Å². The van der Waals surface area contributed by atoms with Crippen LogP contribution in [0.2, 0.25) is 0 Å². The van der Waals surface area contributed by atoms with Gasteiger partial charge in [0.15, 0.2) is 11.5 Å². The molecule has 2 aromatic rings. The second-order valence-corrected chi connectivity index (χ2v) is 8.18. The van der Waals surface area contributed by atoms with Gasteiger partial charge in [-0.05, 0) is 61.6 Å². The minimum absolute atomic E-state index is 0.0616. The van der Waals surface area contributed by atoms with Crippen LogP contribution in [0.15, 0.2) is 36.4 Å². The van der Waals surface area contributed by atoms with Crippen LogP contribution in [0.3, 0.4) is 0 Å². The quantitative estimate of drug-likeness (QED) is 0.743. The van der Waals surface area contributed by atoms with Gasteiger partial charge in [-0.1, -0.05) is 17.7 Å². The molecular weight excluding hydrogens is 394 g/mol. The lowest BCUT2D eigenvalue weighted by Gasteiger charge is -2.38. The first-order valence-corrected chi connectivity index (χ1v) is 10.7. The molecule has 1 atom stereocenters. The van der Waals surface area contributed by atoms with Gasteiger partial charge in [-0.3, -0.25) is 4.79 Å². The Hall–Kier alpha value is -3.22. The number of nitrogens with one attached hydrogen (secondary N) is 2. The fraction of sp³-hybridized carbons (Fsp3) is 0.417. The Morgan fingerprint density at radius 3 is 2.39 bits per heavy atom. The first kappa shape index (κ1) is 21.0. The average molecular weight is 424 g/mol. The van der Waals surface area contributed by atoms with E-state index < -0.39 is 0 Å². The summed E-state index contributed by atoms with van der Waals surface area (Å²) in [5.74, 6) is 1.45. The predicted octanol–water partition coefficient (Wildman–Crippen LogP) is 3.67. The fourth-order valence-electron chi connectivity index (χ4n) is 4.01. The molecule has 1 saturated carbocycles. The summed E-state index contributed by atoms with van der Waals surface area (Å²) in [6, 6.07) is 11.1. The van der Waals surface area contributed by atoms with Crippen molar-refractivity contribution in [2.45, 2.75) is 32.2 Å².